The number of hydrogen-bond donors (Lipinski definition) is 0. The van der Waals surface area contributed by atoms with E-state index >= 15 is 0 Å². The van der Waals surface area contributed by atoms with Crippen LogP contribution in [-0.4, -0.2) is 82.0 Å². The van der Waals surface area contributed by atoms with Gasteiger partial charge in [-0.3, -0.25) is 0 Å². The van der Waals surface area contributed by atoms with Crippen LogP contribution in [-0.2, 0) is 10.0 Å². The molecule has 2 saturated heterocycles. The third kappa shape index (κ3) is 4.39. The molecule has 8 heteroatoms. The van der Waals surface area contributed by atoms with Gasteiger partial charge in [0, 0.05) is 64.2 Å². The van der Waals surface area contributed by atoms with Gasteiger partial charge in [-0.2, -0.15) is 4.31 Å². The number of aromatic nitrogens is 1. The summed E-state index contributed by atoms with van der Waals surface area (Å²) in [4.78, 5) is 11.5. The number of benzene rings is 1. The predicted octanol–water partition coefficient (Wildman–Crippen LogP) is 1.65. The minimum atomic E-state index is -3.46. The first-order valence-corrected chi connectivity index (χ1v) is 11.6. The summed E-state index contributed by atoms with van der Waals surface area (Å²) in [5.41, 5.74) is 2.52. The zero-order valence-corrected chi connectivity index (χ0v) is 18.0. The van der Waals surface area contributed by atoms with Crippen LogP contribution < -0.4 is 9.80 Å². The van der Waals surface area contributed by atoms with Gasteiger partial charge in [0.15, 0.2) is 0 Å². The van der Waals surface area contributed by atoms with E-state index in [1.807, 2.05) is 13.1 Å². The third-order valence-corrected chi connectivity index (χ3v) is 7.67. The smallest absolute Gasteiger partial charge is 0.244 e. The summed E-state index contributed by atoms with van der Waals surface area (Å²) in [5.74, 6) is 0.839. The largest absolute Gasteiger partial charge is 0.368 e. The highest BCUT2D eigenvalue weighted by Gasteiger charge is 2.28. The number of sulfonamides is 1. The lowest BCUT2D eigenvalue weighted by atomic mass is 10.2. The predicted molar refractivity (Wildman–Crippen MR) is 116 cm³/mol. The van der Waals surface area contributed by atoms with Crippen LogP contribution in [0.4, 0.5) is 11.5 Å². The molecule has 0 atom stereocenters. The SMILES string of the molecule is Cc1cccc(N2CCN(c3ccc(S(=O)(=O)N4CCN(C)CC4)cn3)CC2)c1. The second kappa shape index (κ2) is 8.30. The summed E-state index contributed by atoms with van der Waals surface area (Å²) in [5, 5.41) is 0. The first-order valence-electron chi connectivity index (χ1n) is 10.1. The van der Waals surface area contributed by atoms with Crippen molar-refractivity contribution in [3.8, 4) is 0 Å². The second-order valence-corrected chi connectivity index (χ2v) is 9.81. The summed E-state index contributed by atoms with van der Waals surface area (Å²) < 4.78 is 27.3. The Morgan fingerprint density at radius 2 is 1.55 bits per heavy atom. The molecular formula is C21H29N5O2S. The fraction of sp³-hybridized carbons (Fsp3) is 0.476. The molecule has 156 valence electrons. The van der Waals surface area contributed by atoms with E-state index in [1.54, 1.807) is 10.4 Å². The Morgan fingerprint density at radius 1 is 0.862 bits per heavy atom. The standard InChI is InChI=1S/C21H29N5O2S/c1-18-4-3-5-19(16-18)24-10-12-25(13-11-24)21-7-6-20(17-22-21)29(27,28)26-14-8-23(2)9-15-26/h3-7,16-17H,8-15H2,1-2H3. The minimum Gasteiger partial charge on any atom is -0.368 e. The molecule has 4 rings (SSSR count). The average Bonchev–Trinajstić information content (AvgIpc) is 2.74. The second-order valence-electron chi connectivity index (χ2n) is 7.87. The van der Waals surface area contributed by atoms with E-state index in [9.17, 15) is 8.42 Å². The van der Waals surface area contributed by atoms with Crippen molar-refractivity contribution in [3.05, 3.63) is 48.2 Å². The van der Waals surface area contributed by atoms with Crippen molar-refractivity contribution in [3.63, 3.8) is 0 Å². The van der Waals surface area contributed by atoms with Crippen molar-refractivity contribution < 1.29 is 8.42 Å². The number of aryl methyl sites for hydroxylation is 1. The van der Waals surface area contributed by atoms with E-state index < -0.39 is 10.0 Å². The number of likely N-dealkylation sites (N-methyl/N-ethyl adjacent to an activating group) is 1. The maximum absolute atomic E-state index is 12.9. The Kier molecular flexibility index (Phi) is 5.76. The highest BCUT2D eigenvalue weighted by atomic mass is 32.2. The molecule has 0 aliphatic carbocycles. The zero-order valence-electron chi connectivity index (χ0n) is 17.2. The van der Waals surface area contributed by atoms with Gasteiger partial charge in [-0.05, 0) is 43.8 Å². The van der Waals surface area contributed by atoms with Crippen molar-refractivity contribution in [1.29, 1.82) is 0 Å². The number of pyridine rings is 1. The van der Waals surface area contributed by atoms with Crippen molar-refractivity contribution in [2.75, 3.05) is 69.2 Å². The van der Waals surface area contributed by atoms with Gasteiger partial charge in [0.05, 0.1) is 0 Å². The summed E-state index contributed by atoms with van der Waals surface area (Å²) in [6.45, 7) is 8.27. The molecule has 0 N–H and O–H groups in total. The zero-order chi connectivity index (χ0) is 20.4. The third-order valence-electron chi connectivity index (χ3n) is 5.79. The Hall–Kier alpha value is -2.16. The number of anilines is 2. The van der Waals surface area contributed by atoms with Crippen LogP contribution in [0.25, 0.3) is 0 Å². The molecule has 2 fully saturated rings. The van der Waals surface area contributed by atoms with Gasteiger partial charge in [-0.1, -0.05) is 12.1 Å². The number of rotatable bonds is 4. The van der Waals surface area contributed by atoms with Gasteiger partial charge in [-0.25, -0.2) is 13.4 Å². The van der Waals surface area contributed by atoms with Gasteiger partial charge < -0.3 is 14.7 Å². The van der Waals surface area contributed by atoms with E-state index in [1.165, 1.54) is 17.4 Å². The van der Waals surface area contributed by atoms with Crippen molar-refractivity contribution in [1.82, 2.24) is 14.2 Å². The first-order chi connectivity index (χ1) is 13.9. The highest BCUT2D eigenvalue weighted by Crippen LogP contribution is 2.22. The van der Waals surface area contributed by atoms with E-state index in [0.29, 0.717) is 13.1 Å². The summed E-state index contributed by atoms with van der Waals surface area (Å²) in [6.07, 6.45) is 1.51. The van der Waals surface area contributed by atoms with Gasteiger partial charge in [0.25, 0.3) is 0 Å². The Labute approximate surface area is 173 Å². The van der Waals surface area contributed by atoms with Crippen LogP contribution in [0.15, 0.2) is 47.5 Å². The molecule has 7 nitrogen and oxygen atoms in total. The van der Waals surface area contributed by atoms with E-state index in [0.717, 1.165) is 45.1 Å². The monoisotopic (exact) mass is 415 g/mol. The molecule has 1 aromatic carbocycles. The van der Waals surface area contributed by atoms with Gasteiger partial charge in [0.1, 0.15) is 10.7 Å². The van der Waals surface area contributed by atoms with Crippen molar-refractivity contribution in [2.24, 2.45) is 0 Å². The molecule has 0 spiro atoms. The summed E-state index contributed by atoms with van der Waals surface area (Å²) in [7, 11) is -1.45. The van der Waals surface area contributed by atoms with Crippen molar-refractivity contribution in [2.45, 2.75) is 11.8 Å². The lowest BCUT2D eigenvalue weighted by molar-refractivity contribution is 0.222. The molecular weight excluding hydrogens is 386 g/mol. The molecule has 0 amide bonds. The quantitative estimate of drug-likeness (QED) is 0.757. The van der Waals surface area contributed by atoms with E-state index in [4.69, 9.17) is 0 Å². The minimum absolute atomic E-state index is 0.282. The lowest BCUT2D eigenvalue weighted by Crippen LogP contribution is -2.47. The molecule has 2 aliphatic heterocycles. The molecule has 2 aliphatic rings. The number of hydrogen-bond acceptors (Lipinski definition) is 6. The van der Waals surface area contributed by atoms with Crippen LogP contribution in [0.5, 0.6) is 0 Å². The molecule has 2 aromatic rings. The van der Waals surface area contributed by atoms with Crippen LogP contribution in [0.2, 0.25) is 0 Å². The van der Waals surface area contributed by atoms with Crippen LogP contribution >= 0.6 is 0 Å². The van der Waals surface area contributed by atoms with Gasteiger partial charge in [-0.15, -0.1) is 0 Å². The molecule has 0 saturated carbocycles. The Bertz CT molecular complexity index is 932. The highest BCUT2D eigenvalue weighted by molar-refractivity contribution is 7.89. The fourth-order valence-electron chi connectivity index (χ4n) is 3.91. The number of nitrogens with zero attached hydrogens (tertiary/aromatic N) is 5. The number of piperazine rings is 2. The normalized spacial score (nSPS) is 19.5. The maximum Gasteiger partial charge on any atom is 0.244 e. The summed E-state index contributed by atoms with van der Waals surface area (Å²) >= 11 is 0. The van der Waals surface area contributed by atoms with Crippen LogP contribution in [0.1, 0.15) is 5.56 Å². The molecule has 1 aromatic heterocycles. The first kappa shape index (κ1) is 20.1. The maximum atomic E-state index is 12.9. The Morgan fingerprint density at radius 3 is 2.17 bits per heavy atom. The van der Waals surface area contributed by atoms with Crippen molar-refractivity contribution >= 4 is 21.5 Å². The van der Waals surface area contributed by atoms with E-state index in [-0.39, 0.29) is 4.90 Å². The van der Waals surface area contributed by atoms with E-state index in [2.05, 4.69) is 50.9 Å². The fourth-order valence-corrected chi connectivity index (χ4v) is 5.28. The Balaban J connectivity index is 1.40. The average molecular weight is 416 g/mol. The molecule has 0 radical (unpaired) electrons. The molecule has 0 bridgehead atoms. The molecule has 29 heavy (non-hydrogen) atoms. The van der Waals surface area contributed by atoms with Crippen LogP contribution in [0.3, 0.4) is 0 Å². The molecule has 0 unspecified atom stereocenters. The summed E-state index contributed by atoms with van der Waals surface area (Å²) in [6, 6.07) is 12.1. The molecule has 3 heterocycles. The van der Waals surface area contributed by atoms with Crippen LogP contribution in [0, 0.1) is 6.92 Å². The van der Waals surface area contributed by atoms with Gasteiger partial charge >= 0.3 is 0 Å². The lowest BCUT2D eigenvalue weighted by Gasteiger charge is -2.37. The topological polar surface area (TPSA) is 60.0 Å². The van der Waals surface area contributed by atoms with Gasteiger partial charge in [0.2, 0.25) is 10.0 Å².